The molecule has 1 aliphatic rings. The molecule has 0 spiro atoms. The van der Waals surface area contributed by atoms with Crippen LogP contribution in [0, 0.1) is 10.7 Å². The standard InChI is InChI=1S/C25H25FN6O2/c1-4-7-27-22(16(2)3)23(31-33)17-5-6-20(26)19(12-17)24-25-21(29-15-30-24)13-18(14-28-25)32-8-10-34-11-9-32/h4-7,12-15,23H,1,8-11H2,2-3H3. The molecule has 1 aliphatic heterocycles. The molecule has 1 fully saturated rings. The number of aromatic nitrogens is 3. The summed E-state index contributed by atoms with van der Waals surface area (Å²) >= 11 is 0. The molecule has 3 heterocycles. The van der Waals surface area contributed by atoms with E-state index in [-0.39, 0.29) is 5.56 Å². The van der Waals surface area contributed by atoms with Gasteiger partial charge in [0.25, 0.3) is 0 Å². The molecule has 34 heavy (non-hydrogen) atoms. The number of nitrogens with zero attached hydrogens (tertiary/aromatic N) is 6. The van der Waals surface area contributed by atoms with Crippen LogP contribution in [0.15, 0.2) is 70.9 Å². The SMILES string of the molecule is C=CC=NC(=C(C)C)C(N=O)c1ccc(F)c(-c2ncnc3cc(N4CCOCC4)cnc23)c1. The van der Waals surface area contributed by atoms with Crippen LogP contribution in [0.25, 0.3) is 22.3 Å². The predicted octanol–water partition coefficient (Wildman–Crippen LogP) is 5.03. The lowest BCUT2D eigenvalue weighted by molar-refractivity contribution is 0.122. The number of benzene rings is 1. The van der Waals surface area contributed by atoms with Gasteiger partial charge in [-0.3, -0.25) is 9.98 Å². The summed E-state index contributed by atoms with van der Waals surface area (Å²) in [5, 5.41) is 3.28. The van der Waals surface area contributed by atoms with Crippen LogP contribution in [0.4, 0.5) is 10.1 Å². The summed E-state index contributed by atoms with van der Waals surface area (Å²) in [7, 11) is 0. The Kier molecular flexibility index (Phi) is 7.12. The van der Waals surface area contributed by atoms with E-state index in [4.69, 9.17) is 4.74 Å². The van der Waals surface area contributed by atoms with Gasteiger partial charge in [-0.15, -0.1) is 4.91 Å². The molecular weight excluding hydrogens is 435 g/mol. The molecule has 0 saturated carbocycles. The number of allylic oxidation sites excluding steroid dienone is 2. The molecule has 0 radical (unpaired) electrons. The minimum atomic E-state index is -0.908. The molecule has 9 heteroatoms. The average molecular weight is 461 g/mol. The van der Waals surface area contributed by atoms with E-state index in [0.29, 0.717) is 41.2 Å². The minimum absolute atomic E-state index is 0.214. The number of hydrogen-bond donors (Lipinski definition) is 0. The zero-order valence-corrected chi connectivity index (χ0v) is 19.1. The fraction of sp³-hybridized carbons (Fsp3) is 0.280. The first-order valence-corrected chi connectivity index (χ1v) is 10.9. The van der Waals surface area contributed by atoms with Gasteiger partial charge in [-0.2, -0.15) is 0 Å². The molecule has 4 rings (SSSR count). The zero-order chi connectivity index (χ0) is 24.1. The van der Waals surface area contributed by atoms with Crippen molar-refractivity contribution in [3.8, 4) is 11.3 Å². The molecule has 1 atom stereocenters. The Morgan fingerprint density at radius 1 is 1.21 bits per heavy atom. The van der Waals surface area contributed by atoms with Crippen LogP contribution < -0.4 is 4.90 Å². The number of nitroso groups, excluding NO2 is 1. The summed E-state index contributed by atoms with van der Waals surface area (Å²) in [5.41, 5.74) is 4.35. The highest BCUT2D eigenvalue weighted by atomic mass is 19.1. The Morgan fingerprint density at radius 2 is 2.00 bits per heavy atom. The first-order chi connectivity index (χ1) is 16.5. The van der Waals surface area contributed by atoms with Gasteiger partial charge < -0.3 is 9.64 Å². The summed E-state index contributed by atoms with van der Waals surface area (Å²) < 4.78 is 20.4. The minimum Gasteiger partial charge on any atom is -0.378 e. The van der Waals surface area contributed by atoms with Gasteiger partial charge in [-0.25, -0.2) is 14.4 Å². The van der Waals surface area contributed by atoms with Crippen molar-refractivity contribution in [2.45, 2.75) is 19.9 Å². The van der Waals surface area contributed by atoms with Gasteiger partial charge in [0.15, 0.2) is 6.04 Å². The largest absolute Gasteiger partial charge is 0.378 e. The van der Waals surface area contributed by atoms with Crippen molar-refractivity contribution >= 4 is 22.9 Å². The number of pyridine rings is 1. The monoisotopic (exact) mass is 460 g/mol. The third kappa shape index (κ3) is 4.74. The number of ether oxygens (including phenoxy) is 1. The van der Waals surface area contributed by atoms with E-state index in [1.54, 1.807) is 12.3 Å². The van der Waals surface area contributed by atoms with E-state index < -0.39 is 11.9 Å². The van der Waals surface area contributed by atoms with Crippen LogP contribution in [0.5, 0.6) is 0 Å². The number of morpholine rings is 1. The summed E-state index contributed by atoms with van der Waals surface area (Å²) in [6, 6.07) is 5.42. The second kappa shape index (κ2) is 10.4. The fourth-order valence-corrected chi connectivity index (χ4v) is 3.89. The van der Waals surface area contributed by atoms with E-state index in [1.165, 1.54) is 30.8 Å². The van der Waals surface area contributed by atoms with Gasteiger partial charge in [0.2, 0.25) is 0 Å². The topological polar surface area (TPSA) is 92.9 Å². The first kappa shape index (κ1) is 23.3. The first-order valence-electron chi connectivity index (χ1n) is 10.9. The fourth-order valence-electron chi connectivity index (χ4n) is 3.89. The lowest BCUT2D eigenvalue weighted by Gasteiger charge is -2.28. The number of anilines is 1. The highest BCUT2D eigenvalue weighted by Gasteiger charge is 2.22. The summed E-state index contributed by atoms with van der Waals surface area (Å²) in [6.45, 7) is 10.1. The second-order valence-electron chi connectivity index (χ2n) is 8.03. The van der Waals surface area contributed by atoms with Crippen LogP contribution >= 0.6 is 0 Å². The van der Waals surface area contributed by atoms with Gasteiger partial charge >= 0.3 is 0 Å². The highest BCUT2D eigenvalue weighted by Crippen LogP contribution is 2.34. The molecule has 174 valence electrons. The van der Waals surface area contributed by atoms with Crippen LogP contribution in [0.1, 0.15) is 25.5 Å². The number of fused-ring (bicyclic) bond motifs is 1. The maximum Gasteiger partial charge on any atom is 0.159 e. The van der Waals surface area contributed by atoms with Gasteiger partial charge in [0.1, 0.15) is 23.4 Å². The van der Waals surface area contributed by atoms with Crippen molar-refractivity contribution in [3.05, 3.63) is 77.0 Å². The highest BCUT2D eigenvalue weighted by molar-refractivity contribution is 5.90. The van der Waals surface area contributed by atoms with Crippen molar-refractivity contribution < 1.29 is 9.13 Å². The lowest BCUT2D eigenvalue weighted by atomic mass is 9.98. The van der Waals surface area contributed by atoms with Gasteiger partial charge in [0.05, 0.1) is 36.3 Å². The van der Waals surface area contributed by atoms with Gasteiger partial charge in [-0.05, 0) is 37.6 Å². The van der Waals surface area contributed by atoms with Crippen LogP contribution in [-0.2, 0) is 4.74 Å². The predicted molar refractivity (Wildman–Crippen MR) is 131 cm³/mol. The smallest absolute Gasteiger partial charge is 0.159 e. The second-order valence-corrected chi connectivity index (χ2v) is 8.03. The third-order valence-corrected chi connectivity index (χ3v) is 5.59. The number of hydrogen-bond acceptors (Lipinski definition) is 8. The molecule has 1 saturated heterocycles. The van der Waals surface area contributed by atoms with Crippen molar-refractivity contribution in [2.24, 2.45) is 10.2 Å². The Morgan fingerprint density at radius 3 is 2.71 bits per heavy atom. The lowest BCUT2D eigenvalue weighted by Crippen LogP contribution is -2.36. The maximum absolute atomic E-state index is 15.0. The van der Waals surface area contributed by atoms with Crippen LogP contribution in [0.2, 0.25) is 0 Å². The molecule has 0 bridgehead atoms. The molecule has 1 aromatic carbocycles. The summed E-state index contributed by atoms with van der Waals surface area (Å²) in [6.07, 6.45) is 6.15. The van der Waals surface area contributed by atoms with Crippen molar-refractivity contribution in [1.82, 2.24) is 15.0 Å². The zero-order valence-electron chi connectivity index (χ0n) is 19.1. The number of halogens is 1. The van der Waals surface area contributed by atoms with Crippen molar-refractivity contribution in [3.63, 3.8) is 0 Å². The maximum atomic E-state index is 15.0. The van der Waals surface area contributed by atoms with Gasteiger partial charge in [-0.1, -0.05) is 29.5 Å². The van der Waals surface area contributed by atoms with Crippen LogP contribution in [0.3, 0.4) is 0 Å². The molecule has 8 nitrogen and oxygen atoms in total. The third-order valence-electron chi connectivity index (χ3n) is 5.59. The van der Waals surface area contributed by atoms with E-state index in [2.05, 4.69) is 36.6 Å². The molecule has 0 N–H and O–H groups in total. The Hall–Kier alpha value is -3.85. The quantitative estimate of drug-likeness (QED) is 0.363. The number of aliphatic imine (C=N–C) groups is 1. The van der Waals surface area contributed by atoms with Crippen LogP contribution in [-0.4, -0.2) is 47.5 Å². The summed E-state index contributed by atoms with van der Waals surface area (Å²) in [4.78, 5) is 31.6. The Bertz CT molecular complexity index is 1280. The van der Waals surface area contributed by atoms with Crippen molar-refractivity contribution in [2.75, 3.05) is 31.2 Å². The average Bonchev–Trinajstić information content (AvgIpc) is 2.87. The van der Waals surface area contributed by atoms with Crippen molar-refractivity contribution in [1.29, 1.82) is 0 Å². The summed E-state index contributed by atoms with van der Waals surface area (Å²) in [5.74, 6) is -0.485. The molecular formula is C25H25FN6O2. The molecule has 2 aromatic heterocycles. The Balaban J connectivity index is 1.79. The van der Waals surface area contributed by atoms with E-state index in [9.17, 15) is 4.91 Å². The Labute approximate surface area is 196 Å². The van der Waals surface area contributed by atoms with Gasteiger partial charge in [0, 0.05) is 24.9 Å². The normalized spacial score (nSPS) is 14.9. The molecule has 3 aromatic rings. The molecule has 0 amide bonds. The molecule has 0 aliphatic carbocycles. The van der Waals surface area contributed by atoms with E-state index in [0.717, 1.165) is 24.4 Å². The number of rotatable bonds is 7. The van der Waals surface area contributed by atoms with E-state index >= 15 is 4.39 Å². The molecule has 1 unspecified atom stereocenters. The van der Waals surface area contributed by atoms with E-state index in [1.807, 2.05) is 19.9 Å².